The van der Waals surface area contributed by atoms with Gasteiger partial charge >= 0.3 is 11.9 Å². The van der Waals surface area contributed by atoms with E-state index in [0.29, 0.717) is 23.1 Å². The molecule has 0 fully saturated rings. The van der Waals surface area contributed by atoms with Crippen LogP contribution in [0.1, 0.15) is 29.1 Å². The van der Waals surface area contributed by atoms with Gasteiger partial charge in [0.2, 0.25) is 5.91 Å². The first kappa shape index (κ1) is 18.5. The average Bonchev–Trinajstić information content (AvgIpc) is 2.80. The van der Waals surface area contributed by atoms with Crippen molar-refractivity contribution in [3.8, 4) is 0 Å². The Bertz CT molecular complexity index is 541. The Morgan fingerprint density at radius 2 is 1.86 bits per heavy atom. The first-order valence-corrected chi connectivity index (χ1v) is 8.75. The second-order valence-corrected chi connectivity index (χ2v) is 6.23. The average molecular weight is 345 g/mol. The fourth-order valence-electron chi connectivity index (χ4n) is 1.55. The molecule has 1 amide bonds. The van der Waals surface area contributed by atoms with Crippen molar-refractivity contribution in [1.82, 2.24) is 0 Å². The number of amides is 1. The molecule has 0 aliphatic heterocycles. The number of hydrogen-bond donors (Lipinski definition) is 1. The third-order valence-electron chi connectivity index (χ3n) is 2.40. The van der Waals surface area contributed by atoms with Crippen molar-refractivity contribution in [2.45, 2.75) is 20.8 Å². The molecule has 0 radical (unpaired) electrons. The Kier molecular flexibility index (Phi) is 7.97. The van der Waals surface area contributed by atoms with E-state index in [0.717, 1.165) is 5.56 Å². The third-order valence-corrected chi connectivity index (χ3v) is 4.44. The quantitative estimate of drug-likeness (QED) is 0.729. The first-order chi connectivity index (χ1) is 10.5. The molecule has 6 nitrogen and oxygen atoms in total. The number of thioether (sulfide) groups is 1. The zero-order chi connectivity index (χ0) is 16.5. The Labute approximate surface area is 137 Å². The van der Waals surface area contributed by atoms with E-state index in [1.807, 2.05) is 0 Å². The van der Waals surface area contributed by atoms with Gasteiger partial charge in [-0.25, -0.2) is 4.79 Å². The summed E-state index contributed by atoms with van der Waals surface area (Å²) < 4.78 is 9.71. The number of nitrogens with one attached hydrogen (secondary N) is 1. The van der Waals surface area contributed by atoms with E-state index in [1.165, 1.54) is 23.1 Å². The van der Waals surface area contributed by atoms with Gasteiger partial charge in [0, 0.05) is 0 Å². The maximum absolute atomic E-state index is 11.8. The van der Waals surface area contributed by atoms with Crippen LogP contribution in [0, 0.1) is 6.92 Å². The van der Waals surface area contributed by atoms with Crippen LogP contribution in [0.3, 0.4) is 0 Å². The van der Waals surface area contributed by atoms with Crippen LogP contribution in [-0.4, -0.2) is 42.6 Å². The molecular formula is C14H19NO5S2. The summed E-state index contributed by atoms with van der Waals surface area (Å²) >= 11 is 2.36. The van der Waals surface area contributed by atoms with Crippen molar-refractivity contribution in [2.75, 3.05) is 30.0 Å². The molecule has 1 aromatic heterocycles. The van der Waals surface area contributed by atoms with E-state index in [2.05, 4.69) is 5.32 Å². The molecule has 1 heterocycles. The SMILES string of the molecule is CCOC(=O)CSCC(=O)Nc1cc(C)c(C(=O)OCC)s1. The highest BCUT2D eigenvalue weighted by Gasteiger charge is 2.16. The van der Waals surface area contributed by atoms with Crippen LogP contribution >= 0.6 is 23.1 Å². The highest BCUT2D eigenvalue weighted by Crippen LogP contribution is 2.27. The molecule has 22 heavy (non-hydrogen) atoms. The second-order valence-electron chi connectivity index (χ2n) is 4.19. The largest absolute Gasteiger partial charge is 0.465 e. The van der Waals surface area contributed by atoms with Gasteiger partial charge in [0.1, 0.15) is 4.88 Å². The zero-order valence-electron chi connectivity index (χ0n) is 12.8. The van der Waals surface area contributed by atoms with Crippen LogP contribution in [-0.2, 0) is 19.1 Å². The van der Waals surface area contributed by atoms with Crippen molar-refractivity contribution in [3.63, 3.8) is 0 Å². The van der Waals surface area contributed by atoms with Gasteiger partial charge in [0.15, 0.2) is 0 Å². The summed E-state index contributed by atoms with van der Waals surface area (Å²) in [4.78, 5) is 35.1. The maximum Gasteiger partial charge on any atom is 0.348 e. The molecule has 122 valence electrons. The topological polar surface area (TPSA) is 81.7 Å². The van der Waals surface area contributed by atoms with Crippen LogP contribution in [0.2, 0.25) is 0 Å². The van der Waals surface area contributed by atoms with Crippen LogP contribution in [0.4, 0.5) is 5.00 Å². The van der Waals surface area contributed by atoms with E-state index >= 15 is 0 Å². The Morgan fingerprint density at radius 1 is 1.18 bits per heavy atom. The second kappa shape index (κ2) is 9.47. The molecule has 1 N–H and O–H groups in total. The van der Waals surface area contributed by atoms with Crippen molar-refractivity contribution >= 4 is 45.9 Å². The van der Waals surface area contributed by atoms with Crippen molar-refractivity contribution in [2.24, 2.45) is 0 Å². The molecule has 0 aliphatic carbocycles. The number of carbonyl (C=O) groups excluding carboxylic acids is 3. The molecule has 0 saturated heterocycles. The summed E-state index contributed by atoms with van der Waals surface area (Å²) in [5.74, 6) is -0.673. The minimum absolute atomic E-state index is 0.138. The summed E-state index contributed by atoms with van der Waals surface area (Å²) in [5, 5.41) is 3.29. The van der Waals surface area contributed by atoms with Crippen molar-refractivity contribution in [3.05, 3.63) is 16.5 Å². The van der Waals surface area contributed by atoms with Crippen molar-refractivity contribution < 1.29 is 23.9 Å². The van der Waals surface area contributed by atoms with Crippen LogP contribution in [0.5, 0.6) is 0 Å². The number of hydrogen-bond acceptors (Lipinski definition) is 7. The van der Waals surface area contributed by atoms with Gasteiger partial charge in [-0.15, -0.1) is 23.1 Å². The monoisotopic (exact) mass is 345 g/mol. The third kappa shape index (κ3) is 6.07. The fourth-order valence-corrected chi connectivity index (χ4v) is 3.14. The van der Waals surface area contributed by atoms with E-state index in [1.54, 1.807) is 26.8 Å². The minimum Gasteiger partial charge on any atom is -0.465 e. The number of aryl methyl sites for hydroxylation is 1. The number of thiophene rings is 1. The molecule has 0 bridgehead atoms. The van der Waals surface area contributed by atoms with Crippen LogP contribution in [0.15, 0.2) is 6.07 Å². The maximum atomic E-state index is 11.8. The molecule has 1 aromatic rings. The molecule has 0 spiro atoms. The van der Waals surface area contributed by atoms with Crippen molar-refractivity contribution in [1.29, 1.82) is 0 Å². The molecule has 0 atom stereocenters. The fraction of sp³-hybridized carbons (Fsp3) is 0.500. The van der Waals surface area contributed by atoms with E-state index in [-0.39, 0.29) is 29.4 Å². The first-order valence-electron chi connectivity index (χ1n) is 6.78. The summed E-state index contributed by atoms with van der Waals surface area (Å²) in [5.41, 5.74) is 0.762. The molecule has 0 aromatic carbocycles. The Hall–Kier alpha value is -1.54. The van der Waals surface area contributed by atoms with Gasteiger partial charge in [-0.1, -0.05) is 0 Å². The lowest BCUT2D eigenvalue weighted by Gasteiger charge is -2.03. The summed E-state index contributed by atoms with van der Waals surface area (Å²) in [6.45, 7) is 5.90. The predicted molar refractivity (Wildman–Crippen MR) is 87.6 cm³/mol. The van der Waals surface area contributed by atoms with Gasteiger partial charge in [-0.2, -0.15) is 0 Å². The number of carbonyl (C=O) groups is 3. The zero-order valence-corrected chi connectivity index (χ0v) is 14.4. The molecule has 0 aliphatic rings. The molecule has 0 unspecified atom stereocenters. The predicted octanol–water partition coefficient (Wildman–Crippen LogP) is 2.47. The highest BCUT2D eigenvalue weighted by atomic mass is 32.2. The normalized spacial score (nSPS) is 10.1. The van der Waals surface area contributed by atoms with E-state index < -0.39 is 0 Å². The van der Waals surface area contributed by atoms with Gasteiger partial charge in [0.05, 0.1) is 29.7 Å². The molecule has 8 heteroatoms. The lowest BCUT2D eigenvalue weighted by atomic mass is 10.3. The summed E-state index contributed by atoms with van der Waals surface area (Å²) in [6.07, 6.45) is 0. The summed E-state index contributed by atoms with van der Waals surface area (Å²) in [6, 6.07) is 1.73. The number of rotatable bonds is 8. The molecular weight excluding hydrogens is 326 g/mol. The number of anilines is 1. The summed E-state index contributed by atoms with van der Waals surface area (Å²) in [7, 11) is 0. The number of ether oxygens (including phenoxy) is 2. The minimum atomic E-state index is -0.387. The van der Waals surface area contributed by atoms with Crippen LogP contribution in [0.25, 0.3) is 0 Å². The Balaban J connectivity index is 2.46. The van der Waals surface area contributed by atoms with E-state index in [9.17, 15) is 14.4 Å². The number of esters is 2. The molecule has 0 saturated carbocycles. The van der Waals surface area contributed by atoms with E-state index in [4.69, 9.17) is 9.47 Å². The highest BCUT2D eigenvalue weighted by molar-refractivity contribution is 8.00. The van der Waals surface area contributed by atoms with Gasteiger partial charge in [0.25, 0.3) is 0 Å². The van der Waals surface area contributed by atoms with Gasteiger partial charge in [-0.3, -0.25) is 9.59 Å². The smallest absolute Gasteiger partial charge is 0.348 e. The Morgan fingerprint density at radius 3 is 2.50 bits per heavy atom. The van der Waals surface area contributed by atoms with Gasteiger partial charge in [-0.05, 0) is 32.4 Å². The lowest BCUT2D eigenvalue weighted by Crippen LogP contribution is -2.15. The molecule has 1 rings (SSSR count). The van der Waals surface area contributed by atoms with Crippen LogP contribution < -0.4 is 5.32 Å². The van der Waals surface area contributed by atoms with Gasteiger partial charge < -0.3 is 14.8 Å². The standard InChI is InChI=1S/C14H19NO5S2/c1-4-19-12(17)8-21-7-10(16)15-11-6-9(3)13(22-11)14(18)20-5-2/h6H,4-5,7-8H2,1-3H3,(H,15,16). The lowest BCUT2D eigenvalue weighted by molar-refractivity contribution is -0.139.